The molecule has 2 rings (SSSR count). The molecule has 0 spiro atoms. The fourth-order valence-electron chi connectivity index (χ4n) is 3.12. The molecule has 2 unspecified atom stereocenters. The summed E-state index contributed by atoms with van der Waals surface area (Å²) >= 11 is 0. The molecule has 1 aromatic rings. The zero-order chi connectivity index (χ0) is 15.5. The lowest BCUT2D eigenvalue weighted by Gasteiger charge is -2.30. The van der Waals surface area contributed by atoms with Crippen molar-refractivity contribution in [3.05, 3.63) is 29.8 Å². The highest BCUT2D eigenvalue weighted by atomic mass is 32.2. The van der Waals surface area contributed by atoms with Crippen molar-refractivity contribution >= 4 is 10.0 Å². The van der Waals surface area contributed by atoms with Crippen molar-refractivity contribution in [1.82, 2.24) is 4.31 Å². The summed E-state index contributed by atoms with van der Waals surface area (Å²) in [5, 5.41) is 8.94. The summed E-state index contributed by atoms with van der Waals surface area (Å²) in [5.41, 5.74) is 6.14. The van der Waals surface area contributed by atoms with E-state index in [-0.39, 0.29) is 16.9 Å². The Morgan fingerprint density at radius 3 is 2.81 bits per heavy atom. The lowest BCUT2D eigenvalue weighted by Crippen LogP contribution is -2.44. The third-order valence-electron chi connectivity index (χ3n) is 4.17. The Hall–Kier alpha value is -1.42. The van der Waals surface area contributed by atoms with Crippen LogP contribution in [0.2, 0.25) is 0 Å². The topological polar surface area (TPSA) is 87.2 Å². The second-order valence-corrected chi connectivity index (χ2v) is 7.23. The molecule has 1 aliphatic carbocycles. The number of sulfonamides is 1. The predicted molar refractivity (Wildman–Crippen MR) is 80.9 cm³/mol. The summed E-state index contributed by atoms with van der Waals surface area (Å²) in [7, 11) is -3.58. The van der Waals surface area contributed by atoms with Crippen molar-refractivity contribution in [2.24, 2.45) is 11.7 Å². The van der Waals surface area contributed by atoms with Gasteiger partial charge in [-0.3, -0.25) is 0 Å². The van der Waals surface area contributed by atoms with E-state index < -0.39 is 10.0 Å². The first-order valence-electron chi connectivity index (χ1n) is 7.26. The lowest BCUT2D eigenvalue weighted by molar-refractivity contribution is 0.276. The number of hydrogen-bond donors (Lipinski definition) is 1. The number of benzene rings is 1. The first-order chi connectivity index (χ1) is 10.0. The van der Waals surface area contributed by atoms with Crippen LogP contribution in [0.3, 0.4) is 0 Å². The number of rotatable bonds is 5. The van der Waals surface area contributed by atoms with Crippen molar-refractivity contribution in [1.29, 1.82) is 5.26 Å². The molecular weight excluding hydrogens is 286 g/mol. The van der Waals surface area contributed by atoms with E-state index in [0.717, 1.165) is 19.3 Å². The van der Waals surface area contributed by atoms with Gasteiger partial charge in [-0.1, -0.05) is 19.4 Å². The second-order valence-electron chi connectivity index (χ2n) is 5.34. The van der Waals surface area contributed by atoms with Crippen molar-refractivity contribution in [2.45, 2.75) is 37.1 Å². The molecule has 2 atom stereocenters. The highest BCUT2D eigenvalue weighted by Gasteiger charge is 2.37. The van der Waals surface area contributed by atoms with Crippen LogP contribution in [0.15, 0.2) is 29.2 Å². The Labute approximate surface area is 126 Å². The fraction of sp³-hybridized carbons (Fsp3) is 0.533. The molecule has 0 aliphatic heterocycles. The number of nitrogens with two attached hydrogens (primary N) is 1. The average molecular weight is 307 g/mol. The van der Waals surface area contributed by atoms with Crippen LogP contribution < -0.4 is 5.73 Å². The van der Waals surface area contributed by atoms with Gasteiger partial charge in [0, 0.05) is 12.6 Å². The minimum atomic E-state index is -3.58. The molecule has 6 heteroatoms. The maximum absolute atomic E-state index is 12.9. The van der Waals surface area contributed by atoms with E-state index in [0.29, 0.717) is 18.7 Å². The van der Waals surface area contributed by atoms with Gasteiger partial charge in [0.15, 0.2) is 0 Å². The van der Waals surface area contributed by atoms with Crippen LogP contribution in [0, 0.1) is 17.2 Å². The van der Waals surface area contributed by atoms with Crippen LogP contribution in [-0.2, 0) is 10.0 Å². The summed E-state index contributed by atoms with van der Waals surface area (Å²) in [4.78, 5) is 0.186. The van der Waals surface area contributed by atoms with Gasteiger partial charge in [0.05, 0.1) is 16.5 Å². The molecule has 0 heterocycles. The Bertz CT molecular complexity index is 637. The van der Waals surface area contributed by atoms with E-state index in [1.54, 1.807) is 22.5 Å². The Morgan fingerprint density at radius 1 is 1.43 bits per heavy atom. The highest BCUT2D eigenvalue weighted by molar-refractivity contribution is 7.89. The molecule has 0 aromatic heterocycles. The standard InChI is InChI=1S/C15H21N3O2S/c1-2-18(15-8-4-6-13(15)11-17)21(19,20)14-7-3-5-12(9-14)10-16/h3,5,7,9,13,15H,2,4,6,8,11,17H2,1H3. The normalized spacial score (nSPS) is 22.4. The van der Waals surface area contributed by atoms with Crippen molar-refractivity contribution in [2.75, 3.05) is 13.1 Å². The molecule has 5 nitrogen and oxygen atoms in total. The van der Waals surface area contributed by atoms with Gasteiger partial charge in [-0.25, -0.2) is 8.42 Å². The van der Waals surface area contributed by atoms with Crippen LogP contribution in [0.4, 0.5) is 0 Å². The molecule has 1 aromatic carbocycles. The summed E-state index contributed by atoms with van der Waals surface area (Å²) in [6.45, 7) is 2.77. The first-order valence-corrected chi connectivity index (χ1v) is 8.70. The molecule has 0 amide bonds. The van der Waals surface area contributed by atoms with Crippen molar-refractivity contribution in [3.8, 4) is 6.07 Å². The fourth-order valence-corrected chi connectivity index (χ4v) is 4.89. The van der Waals surface area contributed by atoms with E-state index in [9.17, 15) is 8.42 Å². The quantitative estimate of drug-likeness (QED) is 0.897. The van der Waals surface area contributed by atoms with Crippen LogP contribution in [-0.4, -0.2) is 31.9 Å². The molecule has 21 heavy (non-hydrogen) atoms. The van der Waals surface area contributed by atoms with Crippen LogP contribution >= 0.6 is 0 Å². The maximum atomic E-state index is 12.9. The minimum absolute atomic E-state index is 0.0317. The molecule has 114 valence electrons. The van der Waals surface area contributed by atoms with E-state index in [1.807, 2.05) is 13.0 Å². The summed E-state index contributed by atoms with van der Waals surface area (Å²) < 4.78 is 27.3. The van der Waals surface area contributed by atoms with Gasteiger partial charge in [0.25, 0.3) is 0 Å². The maximum Gasteiger partial charge on any atom is 0.243 e. The van der Waals surface area contributed by atoms with Crippen LogP contribution in [0.25, 0.3) is 0 Å². The second kappa shape index (κ2) is 6.56. The van der Waals surface area contributed by atoms with Gasteiger partial charge in [-0.05, 0) is 43.5 Å². The van der Waals surface area contributed by atoms with Gasteiger partial charge < -0.3 is 5.73 Å². The SMILES string of the molecule is CCN(C1CCCC1CN)S(=O)(=O)c1cccc(C#N)c1. The predicted octanol–water partition coefficient (Wildman–Crippen LogP) is 1.70. The van der Waals surface area contributed by atoms with E-state index in [4.69, 9.17) is 11.0 Å². The van der Waals surface area contributed by atoms with Gasteiger partial charge >= 0.3 is 0 Å². The molecular formula is C15H21N3O2S. The third kappa shape index (κ3) is 3.10. The number of nitrogens with zero attached hydrogens (tertiary/aromatic N) is 2. The van der Waals surface area contributed by atoms with Gasteiger partial charge in [0.2, 0.25) is 10.0 Å². The molecule has 1 saturated carbocycles. The minimum Gasteiger partial charge on any atom is -0.330 e. The molecule has 0 radical (unpaired) electrons. The van der Waals surface area contributed by atoms with E-state index in [1.165, 1.54) is 6.07 Å². The van der Waals surface area contributed by atoms with E-state index in [2.05, 4.69) is 0 Å². The molecule has 1 aliphatic rings. The van der Waals surface area contributed by atoms with Crippen molar-refractivity contribution in [3.63, 3.8) is 0 Å². The largest absolute Gasteiger partial charge is 0.330 e. The molecule has 0 bridgehead atoms. The average Bonchev–Trinajstić information content (AvgIpc) is 2.96. The third-order valence-corrected chi connectivity index (χ3v) is 6.17. The Morgan fingerprint density at radius 2 is 2.19 bits per heavy atom. The smallest absolute Gasteiger partial charge is 0.243 e. The van der Waals surface area contributed by atoms with Crippen LogP contribution in [0.1, 0.15) is 31.7 Å². The van der Waals surface area contributed by atoms with Gasteiger partial charge in [-0.15, -0.1) is 0 Å². The first kappa shape index (κ1) is 16.0. The summed E-state index contributed by atoms with van der Waals surface area (Å²) in [5.74, 6) is 0.221. The van der Waals surface area contributed by atoms with Gasteiger partial charge in [-0.2, -0.15) is 9.57 Å². The lowest BCUT2D eigenvalue weighted by atomic mass is 10.0. The summed E-state index contributed by atoms with van der Waals surface area (Å²) in [6, 6.07) is 8.14. The van der Waals surface area contributed by atoms with E-state index >= 15 is 0 Å². The highest BCUT2D eigenvalue weighted by Crippen LogP contribution is 2.32. The zero-order valence-electron chi connectivity index (χ0n) is 12.2. The van der Waals surface area contributed by atoms with Crippen molar-refractivity contribution < 1.29 is 8.42 Å². The molecule has 0 saturated heterocycles. The monoisotopic (exact) mass is 307 g/mol. The number of nitriles is 1. The summed E-state index contributed by atoms with van der Waals surface area (Å²) in [6.07, 6.45) is 2.84. The van der Waals surface area contributed by atoms with Gasteiger partial charge in [0.1, 0.15) is 0 Å². The molecule has 1 fully saturated rings. The Balaban J connectivity index is 2.38. The zero-order valence-corrected chi connectivity index (χ0v) is 13.0. The Kier molecular flexibility index (Phi) is 4.99. The molecule has 2 N–H and O–H groups in total. The van der Waals surface area contributed by atoms with Crippen LogP contribution in [0.5, 0.6) is 0 Å². The number of hydrogen-bond acceptors (Lipinski definition) is 4.